The summed E-state index contributed by atoms with van der Waals surface area (Å²) in [4.78, 5) is 14.9. The molecule has 3 rings (SSSR count). The molecule has 0 saturated carbocycles. The van der Waals surface area contributed by atoms with Crippen molar-refractivity contribution in [2.24, 2.45) is 5.92 Å². The van der Waals surface area contributed by atoms with E-state index in [9.17, 15) is 13.2 Å². The molecule has 2 aliphatic rings. The fraction of sp³-hybridized carbons (Fsp3) is 0.611. The van der Waals surface area contributed by atoms with Gasteiger partial charge in [-0.05, 0) is 51.6 Å². The molecular formula is C18H30Cl2N4O3S. The number of nitrogens with zero attached hydrogens (tertiary/aromatic N) is 2. The van der Waals surface area contributed by atoms with Crippen LogP contribution in [-0.2, 0) is 14.8 Å². The Bertz CT molecular complexity index is 755. The number of anilines is 1. The van der Waals surface area contributed by atoms with Gasteiger partial charge in [0, 0.05) is 43.8 Å². The van der Waals surface area contributed by atoms with Crippen LogP contribution >= 0.6 is 24.8 Å². The summed E-state index contributed by atoms with van der Waals surface area (Å²) in [5, 5.41) is 6.23. The molecule has 0 bridgehead atoms. The molecule has 10 heteroatoms. The van der Waals surface area contributed by atoms with Crippen molar-refractivity contribution in [1.82, 2.24) is 14.5 Å². The van der Waals surface area contributed by atoms with Crippen molar-refractivity contribution >= 4 is 46.4 Å². The molecular weight excluding hydrogens is 423 g/mol. The maximum atomic E-state index is 12.9. The van der Waals surface area contributed by atoms with E-state index < -0.39 is 10.0 Å². The number of carbonyl (C=O) groups is 1. The minimum Gasteiger partial charge on any atom is -0.326 e. The highest BCUT2D eigenvalue weighted by Gasteiger charge is 2.28. The summed E-state index contributed by atoms with van der Waals surface area (Å²) in [6, 6.07) is 6.91. The van der Waals surface area contributed by atoms with Gasteiger partial charge in [-0.15, -0.1) is 24.8 Å². The maximum Gasteiger partial charge on any atom is 0.243 e. The number of amides is 1. The number of likely N-dealkylation sites (N-methyl/N-ethyl adjacent to an activating group) is 1. The van der Waals surface area contributed by atoms with E-state index in [1.807, 2.05) is 7.05 Å². The number of benzene rings is 1. The van der Waals surface area contributed by atoms with Gasteiger partial charge in [-0.1, -0.05) is 6.07 Å². The van der Waals surface area contributed by atoms with Crippen LogP contribution in [-0.4, -0.2) is 69.3 Å². The molecule has 28 heavy (non-hydrogen) atoms. The molecule has 0 unspecified atom stereocenters. The summed E-state index contributed by atoms with van der Waals surface area (Å²) in [6.45, 7) is 5.33. The number of halogens is 2. The van der Waals surface area contributed by atoms with Gasteiger partial charge in [0.2, 0.25) is 15.9 Å². The molecule has 2 saturated heterocycles. The first-order chi connectivity index (χ1) is 12.4. The average molecular weight is 453 g/mol. The molecule has 0 aliphatic carbocycles. The number of rotatable bonds is 4. The molecule has 0 spiro atoms. The molecule has 0 aromatic heterocycles. The van der Waals surface area contributed by atoms with E-state index in [4.69, 9.17) is 0 Å². The van der Waals surface area contributed by atoms with Crippen LogP contribution in [0.25, 0.3) is 0 Å². The van der Waals surface area contributed by atoms with E-state index in [2.05, 4.69) is 22.5 Å². The first-order valence-electron chi connectivity index (χ1n) is 9.19. The highest BCUT2D eigenvalue weighted by atomic mass is 35.5. The Hall–Kier alpha value is -0.900. The number of carbonyl (C=O) groups excluding carboxylic acids is 1. The molecule has 2 fully saturated rings. The first-order valence-corrected chi connectivity index (χ1v) is 10.6. The van der Waals surface area contributed by atoms with Gasteiger partial charge in [0.05, 0.1) is 4.90 Å². The van der Waals surface area contributed by atoms with Gasteiger partial charge in [0.15, 0.2) is 0 Å². The van der Waals surface area contributed by atoms with Crippen molar-refractivity contribution < 1.29 is 13.2 Å². The van der Waals surface area contributed by atoms with Crippen LogP contribution in [0.2, 0.25) is 0 Å². The molecule has 0 radical (unpaired) electrons. The SMILES string of the molecule is C[C@H]1C[C@@H](C(=O)Nc2cccc(S(=O)(=O)N3CCN(C)CC3)c2)CCN1.Cl.Cl. The zero-order valence-electron chi connectivity index (χ0n) is 16.3. The average Bonchev–Trinajstić information content (AvgIpc) is 2.62. The van der Waals surface area contributed by atoms with Crippen molar-refractivity contribution in [2.45, 2.75) is 30.7 Å². The van der Waals surface area contributed by atoms with Gasteiger partial charge >= 0.3 is 0 Å². The summed E-state index contributed by atoms with van der Waals surface area (Å²) in [7, 11) is -1.54. The van der Waals surface area contributed by atoms with E-state index in [0.29, 0.717) is 24.8 Å². The summed E-state index contributed by atoms with van der Waals surface area (Å²) in [5.74, 6) is -0.0726. The van der Waals surface area contributed by atoms with Gasteiger partial charge in [0.25, 0.3) is 0 Å². The van der Waals surface area contributed by atoms with Crippen molar-refractivity contribution in [3.8, 4) is 0 Å². The number of hydrogen-bond donors (Lipinski definition) is 2. The minimum absolute atomic E-state index is 0. The lowest BCUT2D eigenvalue weighted by molar-refractivity contribution is -0.120. The lowest BCUT2D eigenvalue weighted by atomic mass is 9.92. The standard InChI is InChI=1S/C18H28N4O3S.2ClH/c1-14-12-15(6-7-19-14)18(23)20-16-4-3-5-17(13-16)26(24,25)22-10-8-21(2)9-11-22;;/h3-5,13-15,19H,6-12H2,1-2H3,(H,20,23);2*1H/t14-,15-;;/m0../s1. The Balaban J connectivity index is 0.00000196. The number of piperazine rings is 1. The third-order valence-corrected chi connectivity index (χ3v) is 7.09. The Morgan fingerprint density at radius 1 is 1.18 bits per heavy atom. The Morgan fingerprint density at radius 2 is 1.86 bits per heavy atom. The van der Waals surface area contributed by atoms with Crippen molar-refractivity contribution in [2.75, 3.05) is 45.1 Å². The van der Waals surface area contributed by atoms with Crippen LogP contribution < -0.4 is 10.6 Å². The second-order valence-corrected chi connectivity index (χ2v) is 9.24. The van der Waals surface area contributed by atoms with Gasteiger partial charge < -0.3 is 15.5 Å². The third-order valence-electron chi connectivity index (χ3n) is 5.20. The van der Waals surface area contributed by atoms with Crippen LogP contribution in [0.5, 0.6) is 0 Å². The second-order valence-electron chi connectivity index (χ2n) is 7.30. The number of hydrogen-bond acceptors (Lipinski definition) is 5. The lowest BCUT2D eigenvalue weighted by Gasteiger charge is -2.31. The van der Waals surface area contributed by atoms with Crippen LogP contribution in [0, 0.1) is 5.92 Å². The summed E-state index contributed by atoms with van der Waals surface area (Å²) in [6.07, 6.45) is 1.60. The summed E-state index contributed by atoms with van der Waals surface area (Å²) < 4.78 is 27.2. The molecule has 2 N–H and O–H groups in total. The topological polar surface area (TPSA) is 81.8 Å². The van der Waals surface area contributed by atoms with E-state index in [1.165, 1.54) is 4.31 Å². The number of nitrogens with one attached hydrogen (secondary N) is 2. The molecule has 7 nitrogen and oxygen atoms in total. The fourth-order valence-electron chi connectivity index (χ4n) is 3.53. The largest absolute Gasteiger partial charge is 0.326 e. The van der Waals surface area contributed by atoms with Crippen LogP contribution in [0.3, 0.4) is 0 Å². The maximum absolute atomic E-state index is 12.9. The van der Waals surface area contributed by atoms with Gasteiger partial charge in [-0.3, -0.25) is 4.79 Å². The molecule has 1 aromatic carbocycles. The predicted molar refractivity (Wildman–Crippen MR) is 116 cm³/mol. The molecule has 1 amide bonds. The Morgan fingerprint density at radius 3 is 2.50 bits per heavy atom. The highest BCUT2D eigenvalue weighted by molar-refractivity contribution is 7.89. The van der Waals surface area contributed by atoms with Crippen molar-refractivity contribution in [1.29, 1.82) is 0 Å². The second kappa shape index (κ2) is 10.8. The van der Waals surface area contributed by atoms with E-state index in [-0.39, 0.29) is 41.5 Å². The van der Waals surface area contributed by atoms with E-state index in [1.54, 1.807) is 24.3 Å². The Kier molecular flexibility index (Phi) is 9.66. The first kappa shape index (κ1) is 25.1. The highest BCUT2D eigenvalue weighted by Crippen LogP contribution is 2.23. The Labute approximate surface area is 180 Å². The summed E-state index contributed by atoms with van der Waals surface area (Å²) in [5.41, 5.74) is 0.538. The zero-order valence-corrected chi connectivity index (χ0v) is 18.7. The van der Waals surface area contributed by atoms with Gasteiger partial charge in [-0.2, -0.15) is 4.31 Å². The van der Waals surface area contributed by atoms with Gasteiger partial charge in [-0.25, -0.2) is 8.42 Å². The van der Waals surface area contributed by atoms with Crippen molar-refractivity contribution in [3.63, 3.8) is 0 Å². The normalized spacial score (nSPS) is 23.9. The molecule has 160 valence electrons. The quantitative estimate of drug-likeness (QED) is 0.727. The number of piperidine rings is 1. The lowest BCUT2D eigenvalue weighted by Crippen LogP contribution is -2.47. The molecule has 2 aliphatic heterocycles. The smallest absolute Gasteiger partial charge is 0.243 e. The minimum atomic E-state index is -3.53. The van der Waals surface area contributed by atoms with Crippen molar-refractivity contribution in [3.05, 3.63) is 24.3 Å². The van der Waals surface area contributed by atoms with E-state index in [0.717, 1.165) is 32.5 Å². The molecule has 1 aromatic rings. The fourth-order valence-corrected chi connectivity index (χ4v) is 4.99. The zero-order chi connectivity index (χ0) is 18.7. The third kappa shape index (κ3) is 6.05. The monoisotopic (exact) mass is 452 g/mol. The van der Waals surface area contributed by atoms with E-state index >= 15 is 0 Å². The van der Waals surface area contributed by atoms with Crippen LogP contribution in [0.4, 0.5) is 5.69 Å². The summed E-state index contributed by atoms with van der Waals surface area (Å²) >= 11 is 0. The van der Waals surface area contributed by atoms with Gasteiger partial charge in [0.1, 0.15) is 0 Å². The number of sulfonamides is 1. The predicted octanol–water partition coefficient (Wildman–Crippen LogP) is 1.79. The van der Waals surface area contributed by atoms with Crippen LogP contribution in [0.1, 0.15) is 19.8 Å². The molecule has 2 heterocycles. The molecule has 2 atom stereocenters. The van der Waals surface area contributed by atoms with Crippen LogP contribution in [0.15, 0.2) is 29.2 Å².